The average molecular weight is 470 g/mol. The highest BCUT2D eigenvalue weighted by Gasteiger charge is 2.35. The summed E-state index contributed by atoms with van der Waals surface area (Å²) in [6.45, 7) is 0.902. The summed E-state index contributed by atoms with van der Waals surface area (Å²) in [7, 11) is 0. The lowest BCUT2D eigenvalue weighted by Gasteiger charge is -2.35. The van der Waals surface area contributed by atoms with E-state index in [2.05, 4.69) is 5.32 Å². The van der Waals surface area contributed by atoms with Gasteiger partial charge in [-0.1, -0.05) is 18.2 Å². The van der Waals surface area contributed by atoms with E-state index in [4.69, 9.17) is 10.2 Å². The predicted molar refractivity (Wildman–Crippen MR) is 103 cm³/mol. The molecule has 0 aromatic heterocycles. The molecule has 0 radical (unpaired) electrons. The molecule has 1 aliphatic rings. The summed E-state index contributed by atoms with van der Waals surface area (Å²) in [5, 5.41) is 18.7. The summed E-state index contributed by atoms with van der Waals surface area (Å²) < 4.78 is 77.0. The van der Waals surface area contributed by atoms with Crippen LogP contribution in [0.5, 0.6) is 0 Å². The van der Waals surface area contributed by atoms with Gasteiger partial charge in [-0.25, -0.2) is 9.59 Å². The van der Waals surface area contributed by atoms with Crippen molar-refractivity contribution in [1.82, 2.24) is 10.2 Å². The minimum Gasteiger partial charge on any atom is -0.478 e. The Balaban J connectivity index is 0.000000547. The van der Waals surface area contributed by atoms with Crippen molar-refractivity contribution in [2.75, 3.05) is 19.6 Å². The number of hydrogen-bond acceptors (Lipinski definition) is 4. The molecule has 2 rings (SSSR count). The zero-order chi connectivity index (χ0) is 24.4. The molecule has 1 heterocycles. The van der Waals surface area contributed by atoms with E-state index in [0.717, 1.165) is 6.07 Å². The van der Waals surface area contributed by atoms with Gasteiger partial charge in [-0.3, -0.25) is 4.90 Å². The summed E-state index contributed by atoms with van der Waals surface area (Å²) in [5.74, 6) is -2.51. The lowest BCUT2D eigenvalue weighted by Crippen LogP contribution is -2.44. The average Bonchev–Trinajstić information content (AvgIpc) is 2.69. The van der Waals surface area contributed by atoms with Gasteiger partial charge in [0, 0.05) is 31.3 Å². The number of rotatable bonds is 7. The van der Waals surface area contributed by atoms with Gasteiger partial charge in [-0.2, -0.15) is 26.3 Å². The van der Waals surface area contributed by atoms with E-state index in [1.54, 1.807) is 4.90 Å². The topological polar surface area (TPSA) is 89.9 Å². The molecule has 1 saturated heterocycles. The Bertz CT molecular complexity index is 758. The second-order valence-electron chi connectivity index (χ2n) is 6.98. The Morgan fingerprint density at radius 3 is 2.00 bits per heavy atom. The Kier molecular flexibility index (Phi) is 10.7. The third-order valence-electron chi connectivity index (χ3n) is 4.57. The van der Waals surface area contributed by atoms with Gasteiger partial charge in [0.2, 0.25) is 0 Å². The normalized spacial score (nSPS) is 15.5. The number of carbonyl (C=O) groups is 2. The number of aliphatic carboxylic acids is 2. The summed E-state index contributed by atoms with van der Waals surface area (Å²) in [6.07, 6.45) is -7.48. The number of halogens is 6. The molecule has 0 unspecified atom stereocenters. The lowest BCUT2D eigenvalue weighted by molar-refractivity contribution is -0.142. The van der Waals surface area contributed by atoms with E-state index in [9.17, 15) is 35.9 Å². The van der Waals surface area contributed by atoms with Crippen molar-refractivity contribution in [3.8, 4) is 0 Å². The van der Waals surface area contributed by atoms with Crippen molar-refractivity contribution < 1.29 is 46.1 Å². The number of carboxylic acids is 2. The number of alkyl halides is 6. The summed E-state index contributed by atoms with van der Waals surface area (Å²) in [6, 6.07) is 4.94. The van der Waals surface area contributed by atoms with Crippen LogP contribution in [-0.4, -0.2) is 58.9 Å². The van der Waals surface area contributed by atoms with E-state index in [-0.39, 0.29) is 24.7 Å². The van der Waals surface area contributed by atoms with Gasteiger partial charge in [-0.15, -0.1) is 0 Å². The number of piperidine rings is 1. The maximum absolute atomic E-state index is 13.1. The van der Waals surface area contributed by atoms with Gasteiger partial charge < -0.3 is 15.5 Å². The number of nitrogens with one attached hydrogen (secondary N) is 1. The van der Waals surface area contributed by atoms with Gasteiger partial charge in [0.15, 0.2) is 0 Å². The van der Waals surface area contributed by atoms with Crippen molar-refractivity contribution in [3.63, 3.8) is 0 Å². The molecule has 0 saturated carbocycles. The van der Waals surface area contributed by atoms with Crippen LogP contribution in [0.1, 0.15) is 30.4 Å². The molecule has 0 atom stereocenters. The van der Waals surface area contributed by atoms with E-state index in [1.165, 1.54) is 18.2 Å². The van der Waals surface area contributed by atoms with Crippen LogP contribution in [-0.2, 0) is 22.3 Å². The minimum atomic E-state index is -4.51. The van der Waals surface area contributed by atoms with Crippen molar-refractivity contribution in [1.29, 1.82) is 0 Å². The van der Waals surface area contributed by atoms with Gasteiger partial charge in [0.1, 0.15) is 0 Å². The fourth-order valence-electron chi connectivity index (χ4n) is 3.13. The first-order valence-electron chi connectivity index (χ1n) is 9.60. The van der Waals surface area contributed by atoms with E-state index >= 15 is 0 Å². The molecule has 0 bridgehead atoms. The standard InChI is InChI=1S/C16H20F6N2.C4H4O4/c17-15(18,19)7-10-24(13-5-8-23-9-6-13)11-12-3-1-2-4-14(12)16(20,21)22;5-3(6)1-2-4(7)8/h1-4,13,23H,5-11H2;1-2H,(H,5,6)(H,7,8). The van der Waals surface area contributed by atoms with Crippen LogP contribution in [0.15, 0.2) is 36.4 Å². The molecule has 3 N–H and O–H groups in total. The quantitative estimate of drug-likeness (QED) is 0.414. The van der Waals surface area contributed by atoms with Gasteiger partial charge >= 0.3 is 24.3 Å². The monoisotopic (exact) mass is 470 g/mol. The second-order valence-corrected chi connectivity index (χ2v) is 6.98. The van der Waals surface area contributed by atoms with Crippen LogP contribution in [0.3, 0.4) is 0 Å². The van der Waals surface area contributed by atoms with Crippen molar-refractivity contribution >= 4 is 11.9 Å². The third kappa shape index (κ3) is 11.1. The van der Waals surface area contributed by atoms with E-state index < -0.39 is 36.3 Å². The highest BCUT2D eigenvalue weighted by Crippen LogP contribution is 2.33. The van der Waals surface area contributed by atoms with Crippen LogP contribution < -0.4 is 5.32 Å². The molecule has 0 amide bonds. The zero-order valence-corrected chi connectivity index (χ0v) is 16.9. The van der Waals surface area contributed by atoms with Crippen molar-refractivity contribution in [2.24, 2.45) is 0 Å². The molecular formula is C20H24F6N2O4. The predicted octanol–water partition coefficient (Wildman–Crippen LogP) is 3.92. The molecule has 0 spiro atoms. The van der Waals surface area contributed by atoms with Crippen LogP contribution in [0.25, 0.3) is 0 Å². The maximum Gasteiger partial charge on any atom is 0.416 e. The molecule has 12 heteroatoms. The smallest absolute Gasteiger partial charge is 0.416 e. The number of carboxylic acid groups (broad SMARTS) is 2. The summed E-state index contributed by atoms with van der Waals surface area (Å²) in [4.78, 5) is 20.6. The molecule has 32 heavy (non-hydrogen) atoms. The Hall–Kier alpha value is -2.60. The second kappa shape index (κ2) is 12.4. The molecule has 1 aromatic carbocycles. The lowest BCUT2D eigenvalue weighted by atomic mass is 10.0. The molecule has 180 valence electrons. The SMILES string of the molecule is FC(F)(F)CCN(Cc1ccccc1C(F)(F)F)C1CCNCC1.O=C(O)C=CC(=O)O. The van der Waals surface area contributed by atoms with Crippen LogP contribution in [0.2, 0.25) is 0 Å². The number of nitrogens with zero attached hydrogens (tertiary/aromatic N) is 1. The molecule has 6 nitrogen and oxygen atoms in total. The van der Waals surface area contributed by atoms with Crippen LogP contribution in [0.4, 0.5) is 26.3 Å². The number of benzene rings is 1. The van der Waals surface area contributed by atoms with Crippen LogP contribution >= 0.6 is 0 Å². The molecular weight excluding hydrogens is 446 g/mol. The van der Waals surface area contributed by atoms with E-state index in [1.807, 2.05) is 0 Å². The fourth-order valence-corrected chi connectivity index (χ4v) is 3.13. The van der Waals surface area contributed by atoms with Gasteiger partial charge in [0.05, 0.1) is 12.0 Å². The largest absolute Gasteiger partial charge is 0.478 e. The van der Waals surface area contributed by atoms with Gasteiger partial charge in [0.25, 0.3) is 0 Å². The minimum absolute atomic E-state index is 0.0192. The first-order valence-corrected chi connectivity index (χ1v) is 9.60. The highest BCUT2D eigenvalue weighted by molar-refractivity contribution is 5.89. The molecule has 1 aromatic rings. The van der Waals surface area contributed by atoms with Crippen LogP contribution in [0, 0.1) is 0 Å². The Labute approximate surface area is 180 Å². The van der Waals surface area contributed by atoms with Gasteiger partial charge in [-0.05, 0) is 37.6 Å². The first kappa shape index (κ1) is 27.4. The highest BCUT2D eigenvalue weighted by atomic mass is 19.4. The Morgan fingerprint density at radius 1 is 1.00 bits per heavy atom. The summed E-state index contributed by atoms with van der Waals surface area (Å²) >= 11 is 0. The molecule has 1 fully saturated rings. The fraction of sp³-hybridized carbons (Fsp3) is 0.500. The third-order valence-corrected chi connectivity index (χ3v) is 4.57. The maximum atomic E-state index is 13.1. The summed E-state index contributed by atoms with van der Waals surface area (Å²) in [5.41, 5.74) is -0.762. The first-order chi connectivity index (χ1) is 14.8. The Morgan fingerprint density at radius 2 is 1.53 bits per heavy atom. The molecule has 0 aliphatic carbocycles. The van der Waals surface area contributed by atoms with Crippen molar-refractivity contribution in [3.05, 3.63) is 47.5 Å². The number of hydrogen-bond donors (Lipinski definition) is 3. The van der Waals surface area contributed by atoms with Crippen molar-refractivity contribution in [2.45, 2.75) is 44.2 Å². The zero-order valence-electron chi connectivity index (χ0n) is 16.9. The van der Waals surface area contributed by atoms with E-state index in [0.29, 0.717) is 38.1 Å². The molecule has 1 aliphatic heterocycles.